The topological polar surface area (TPSA) is 120 Å². The number of likely N-dealkylation sites (tertiary alicyclic amines) is 1. The van der Waals surface area contributed by atoms with E-state index in [9.17, 15) is 19.5 Å². The fourth-order valence-corrected chi connectivity index (χ4v) is 6.56. The van der Waals surface area contributed by atoms with E-state index in [1.807, 2.05) is 36.4 Å². The van der Waals surface area contributed by atoms with Gasteiger partial charge in [-0.2, -0.15) is 0 Å². The first kappa shape index (κ1) is 31.5. The van der Waals surface area contributed by atoms with Crippen LogP contribution < -0.4 is 20.1 Å². The van der Waals surface area contributed by atoms with E-state index in [1.165, 1.54) is 7.11 Å². The second kappa shape index (κ2) is 13.8. The van der Waals surface area contributed by atoms with Gasteiger partial charge in [0.25, 0.3) is 5.91 Å². The summed E-state index contributed by atoms with van der Waals surface area (Å²) in [6.07, 6.45) is 7.45. The summed E-state index contributed by atoms with van der Waals surface area (Å²) in [7, 11) is 3.11. The van der Waals surface area contributed by atoms with E-state index in [2.05, 4.69) is 22.5 Å². The summed E-state index contributed by atoms with van der Waals surface area (Å²) in [5.41, 5.74) is 0.713. The van der Waals surface area contributed by atoms with Crippen LogP contribution in [0.5, 0.6) is 17.2 Å². The molecule has 1 aliphatic carbocycles. The monoisotopic (exact) mass is 604 g/mol. The molecule has 236 valence electrons. The number of rotatable bonds is 11. The van der Waals surface area contributed by atoms with Crippen LogP contribution in [0.4, 0.5) is 0 Å². The van der Waals surface area contributed by atoms with Gasteiger partial charge in [0.2, 0.25) is 11.8 Å². The first-order valence-electron chi connectivity index (χ1n) is 15.6. The maximum absolute atomic E-state index is 13.8. The summed E-state index contributed by atoms with van der Waals surface area (Å²) in [4.78, 5) is 43.5. The van der Waals surface area contributed by atoms with Crippen molar-refractivity contribution in [3.05, 3.63) is 65.7 Å². The lowest BCUT2D eigenvalue weighted by molar-refractivity contribution is -0.165. The Balaban J connectivity index is 1.21. The van der Waals surface area contributed by atoms with Gasteiger partial charge in [0, 0.05) is 38.8 Å². The fourth-order valence-electron chi connectivity index (χ4n) is 6.56. The van der Waals surface area contributed by atoms with Gasteiger partial charge in [-0.15, -0.1) is 0 Å². The molecule has 10 heteroatoms. The maximum Gasteiger partial charge on any atom is 0.251 e. The summed E-state index contributed by atoms with van der Waals surface area (Å²) >= 11 is 0. The van der Waals surface area contributed by atoms with E-state index < -0.39 is 17.7 Å². The van der Waals surface area contributed by atoms with Gasteiger partial charge in [-0.1, -0.05) is 37.6 Å². The molecule has 10 nitrogen and oxygen atoms in total. The molecular weight excluding hydrogens is 560 g/mol. The van der Waals surface area contributed by atoms with Gasteiger partial charge in [0.1, 0.15) is 17.3 Å². The molecule has 1 spiro atoms. The number of allylic oxidation sites excluding steroid dienone is 2. The summed E-state index contributed by atoms with van der Waals surface area (Å²) in [5, 5.41) is 16.6. The molecule has 2 aromatic rings. The minimum Gasteiger partial charge on any atom is -0.493 e. The number of hydrogen-bond donors (Lipinski definition) is 3. The number of amides is 3. The van der Waals surface area contributed by atoms with Crippen LogP contribution in [0.2, 0.25) is 0 Å². The Kier molecular flexibility index (Phi) is 9.90. The molecule has 2 saturated heterocycles. The molecule has 2 heterocycles. The van der Waals surface area contributed by atoms with Gasteiger partial charge < -0.3 is 30.1 Å². The number of unbranched alkanes of at least 4 members (excludes halogenated alkanes) is 1. The summed E-state index contributed by atoms with van der Waals surface area (Å²) in [5.74, 6) is 1.09. The average molecular weight is 605 g/mol. The number of carbonyl (C=O) groups excluding carboxylic acids is 3. The Morgan fingerprint density at radius 3 is 2.43 bits per heavy atom. The summed E-state index contributed by atoms with van der Waals surface area (Å²) < 4.78 is 11.5. The van der Waals surface area contributed by atoms with Crippen molar-refractivity contribution in [2.45, 2.75) is 69.7 Å². The first-order chi connectivity index (χ1) is 21.3. The second-order valence-corrected chi connectivity index (χ2v) is 12.0. The lowest BCUT2D eigenvalue weighted by atomic mass is 9.79. The molecule has 3 aliphatic rings. The lowest BCUT2D eigenvalue weighted by Crippen LogP contribution is -2.75. The third kappa shape index (κ3) is 6.46. The minimum atomic E-state index is -0.891. The fraction of sp³-hybridized carbons (Fsp3) is 0.500. The molecular formula is C34H44N4O6. The molecule has 2 atom stereocenters. The Morgan fingerprint density at radius 1 is 1.09 bits per heavy atom. The van der Waals surface area contributed by atoms with Crippen molar-refractivity contribution in [1.82, 2.24) is 20.4 Å². The van der Waals surface area contributed by atoms with Crippen molar-refractivity contribution in [2.24, 2.45) is 5.92 Å². The number of piperazine rings is 1. The van der Waals surface area contributed by atoms with E-state index in [0.29, 0.717) is 61.8 Å². The largest absolute Gasteiger partial charge is 0.493 e. The third-order valence-electron chi connectivity index (χ3n) is 9.26. The minimum absolute atomic E-state index is 0.0402. The SMILES string of the molecule is CCCCN1C(=O)[C@@H](C(O)C2CC=CC2)NC(=O)C12CCN(Cc1ccc(Oc3ccc(C(=O)NC)cc3OC)cc1)CC2. The number of carbonyl (C=O) groups is 3. The standard InChI is InChI=1S/C34H44N4O6/c1-4-5-18-38-32(41)29(30(39)24-8-6-7-9-24)36-33(42)34(38)16-19-37(20-17-34)22-23-10-13-26(14-11-23)44-27-15-12-25(31(40)35-2)21-28(27)43-3/h6-7,10-15,21,24,29-30,39H,4-5,8-9,16-20,22H2,1-3H3,(H,35,40)(H,36,42)/t29-,30?/m1/s1. The molecule has 3 amide bonds. The van der Waals surface area contributed by atoms with Crippen molar-refractivity contribution in [1.29, 1.82) is 0 Å². The number of methoxy groups -OCH3 is 1. The normalized spacial score (nSPS) is 20.9. The van der Waals surface area contributed by atoms with Crippen LogP contribution in [0, 0.1) is 5.92 Å². The van der Waals surface area contributed by atoms with Crippen LogP contribution in [0.3, 0.4) is 0 Å². The molecule has 5 rings (SSSR count). The van der Waals surface area contributed by atoms with Gasteiger partial charge in [-0.25, -0.2) is 0 Å². The number of benzene rings is 2. The smallest absolute Gasteiger partial charge is 0.251 e. The molecule has 2 aliphatic heterocycles. The Bertz CT molecular complexity index is 1360. The van der Waals surface area contributed by atoms with Gasteiger partial charge in [-0.3, -0.25) is 19.3 Å². The van der Waals surface area contributed by atoms with Crippen molar-refractivity contribution >= 4 is 17.7 Å². The zero-order valence-electron chi connectivity index (χ0n) is 25.9. The Hall–Kier alpha value is -3.89. The van der Waals surface area contributed by atoms with Crippen LogP contribution >= 0.6 is 0 Å². The summed E-state index contributed by atoms with van der Waals surface area (Å²) in [6.45, 7) is 4.67. The van der Waals surface area contributed by atoms with Crippen LogP contribution in [0.1, 0.15) is 61.4 Å². The number of nitrogens with one attached hydrogen (secondary N) is 2. The highest BCUT2D eigenvalue weighted by molar-refractivity contribution is 6.00. The molecule has 1 unspecified atom stereocenters. The number of aliphatic hydroxyl groups excluding tert-OH is 1. The quantitative estimate of drug-likeness (QED) is 0.335. The molecule has 0 bridgehead atoms. The number of piperidine rings is 1. The highest BCUT2D eigenvalue weighted by atomic mass is 16.5. The van der Waals surface area contributed by atoms with Crippen LogP contribution in [0.15, 0.2) is 54.6 Å². The zero-order valence-corrected chi connectivity index (χ0v) is 25.9. The Labute approximate surface area is 259 Å². The van der Waals surface area contributed by atoms with Crippen LogP contribution in [-0.4, -0.2) is 84.1 Å². The first-order valence-corrected chi connectivity index (χ1v) is 15.6. The maximum atomic E-state index is 13.8. The second-order valence-electron chi connectivity index (χ2n) is 12.0. The van der Waals surface area contributed by atoms with Gasteiger partial charge >= 0.3 is 0 Å². The van der Waals surface area contributed by atoms with Crippen LogP contribution in [0.25, 0.3) is 0 Å². The molecule has 2 aromatic carbocycles. The summed E-state index contributed by atoms with van der Waals surface area (Å²) in [6, 6.07) is 12.0. The van der Waals surface area contributed by atoms with E-state index in [1.54, 1.807) is 30.1 Å². The van der Waals surface area contributed by atoms with E-state index in [4.69, 9.17) is 9.47 Å². The zero-order chi connectivity index (χ0) is 31.3. The predicted molar refractivity (Wildman–Crippen MR) is 167 cm³/mol. The van der Waals surface area contributed by atoms with E-state index in [-0.39, 0.29) is 23.6 Å². The number of aliphatic hydroxyl groups is 1. The van der Waals surface area contributed by atoms with Crippen molar-refractivity contribution in [3.8, 4) is 17.2 Å². The molecule has 2 fully saturated rings. The molecule has 0 radical (unpaired) electrons. The highest BCUT2D eigenvalue weighted by Crippen LogP contribution is 2.36. The van der Waals surface area contributed by atoms with Crippen molar-refractivity contribution in [3.63, 3.8) is 0 Å². The van der Waals surface area contributed by atoms with Crippen molar-refractivity contribution < 1.29 is 29.0 Å². The Morgan fingerprint density at radius 2 is 1.80 bits per heavy atom. The highest BCUT2D eigenvalue weighted by Gasteiger charge is 2.55. The number of nitrogens with zero attached hydrogens (tertiary/aromatic N) is 2. The van der Waals surface area contributed by atoms with Gasteiger partial charge in [-0.05, 0) is 73.9 Å². The van der Waals surface area contributed by atoms with E-state index in [0.717, 1.165) is 31.2 Å². The predicted octanol–water partition coefficient (Wildman–Crippen LogP) is 3.64. The van der Waals surface area contributed by atoms with Gasteiger partial charge in [0.15, 0.2) is 11.5 Å². The molecule has 0 aromatic heterocycles. The van der Waals surface area contributed by atoms with E-state index >= 15 is 0 Å². The molecule has 3 N–H and O–H groups in total. The van der Waals surface area contributed by atoms with Crippen LogP contribution in [-0.2, 0) is 16.1 Å². The third-order valence-corrected chi connectivity index (χ3v) is 9.26. The number of hydrogen-bond acceptors (Lipinski definition) is 7. The average Bonchev–Trinajstić information content (AvgIpc) is 3.59. The molecule has 0 saturated carbocycles. The van der Waals surface area contributed by atoms with Gasteiger partial charge in [0.05, 0.1) is 13.2 Å². The number of ether oxygens (including phenoxy) is 2. The lowest BCUT2D eigenvalue weighted by Gasteiger charge is -2.52. The molecule has 44 heavy (non-hydrogen) atoms. The van der Waals surface area contributed by atoms with Crippen molar-refractivity contribution in [2.75, 3.05) is 33.8 Å².